The highest BCUT2D eigenvalue weighted by Crippen LogP contribution is 2.37. The van der Waals surface area contributed by atoms with E-state index < -0.39 is 11.6 Å². The van der Waals surface area contributed by atoms with Crippen molar-refractivity contribution in [3.05, 3.63) is 40.0 Å². The zero-order chi connectivity index (χ0) is 16.7. The molecule has 0 unspecified atom stereocenters. The van der Waals surface area contributed by atoms with Crippen LogP contribution in [0.3, 0.4) is 0 Å². The van der Waals surface area contributed by atoms with E-state index in [1.807, 2.05) is 0 Å². The standard InChI is InChI=1S/C16H15ClF2N4S.2ClH/c17-11-6-12(18)9(5-13(11)19)15-21-14-8-24-7-10(14)16(22-15)23-3-1-20-2-4-23;;/h5-6,20H,1-4,7-8H2;2*1H. The van der Waals surface area contributed by atoms with E-state index in [4.69, 9.17) is 11.6 Å². The predicted molar refractivity (Wildman–Crippen MR) is 107 cm³/mol. The number of halogens is 5. The zero-order valence-corrected chi connectivity index (χ0v) is 16.8. The van der Waals surface area contributed by atoms with Gasteiger partial charge in [-0.15, -0.1) is 24.8 Å². The molecular weight excluding hydrogens is 425 g/mol. The molecule has 10 heteroatoms. The summed E-state index contributed by atoms with van der Waals surface area (Å²) in [6, 6.07) is 2.05. The second-order valence-corrected chi connectivity index (χ2v) is 7.16. The van der Waals surface area contributed by atoms with Crippen LogP contribution in [0.25, 0.3) is 11.4 Å². The maximum atomic E-state index is 14.3. The summed E-state index contributed by atoms with van der Waals surface area (Å²) in [7, 11) is 0. The molecule has 1 aromatic heterocycles. The minimum Gasteiger partial charge on any atom is -0.354 e. The Hall–Kier alpha value is -0.860. The van der Waals surface area contributed by atoms with Crippen molar-refractivity contribution in [2.24, 2.45) is 0 Å². The van der Waals surface area contributed by atoms with Crippen LogP contribution in [0.2, 0.25) is 5.02 Å². The van der Waals surface area contributed by atoms with Crippen LogP contribution in [-0.2, 0) is 11.5 Å². The largest absolute Gasteiger partial charge is 0.354 e. The number of benzene rings is 1. The summed E-state index contributed by atoms with van der Waals surface area (Å²) < 4.78 is 28.1. The Bertz CT molecular complexity index is 804. The highest BCUT2D eigenvalue weighted by molar-refractivity contribution is 7.98. The van der Waals surface area contributed by atoms with E-state index in [1.165, 1.54) is 0 Å². The van der Waals surface area contributed by atoms with Crippen molar-refractivity contribution in [3.8, 4) is 11.4 Å². The Kier molecular flexibility index (Phi) is 7.33. The number of hydrogen-bond donors (Lipinski definition) is 1. The number of anilines is 1. The van der Waals surface area contributed by atoms with Gasteiger partial charge in [-0.3, -0.25) is 0 Å². The Labute approximate surface area is 171 Å². The van der Waals surface area contributed by atoms with Crippen LogP contribution in [0, 0.1) is 11.6 Å². The smallest absolute Gasteiger partial charge is 0.164 e. The molecule has 0 bridgehead atoms. The predicted octanol–water partition coefficient (Wildman–Crippen LogP) is 4.08. The van der Waals surface area contributed by atoms with E-state index in [-0.39, 0.29) is 41.2 Å². The van der Waals surface area contributed by atoms with Crippen molar-refractivity contribution < 1.29 is 8.78 Å². The quantitative estimate of drug-likeness (QED) is 0.711. The third kappa shape index (κ3) is 4.02. The first kappa shape index (κ1) is 21.4. The van der Waals surface area contributed by atoms with Gasteiger partial charge in [0.05, 0.1) is 16.3 Å². The second kappa shape index (κ2) is 8.89. The molecule has 0 aliphatic carbocycles. The molecule has 2 aliphatic heterocycles. The molecule has 0 atom stereocenters. The van der Waals surface area contributed by atoms with Gasteiger partial charge in [0.15, 0.2) is 5.82 Å². The van der Waals surface area contributed by atoms with E-state index in [2.05, 4.69) is 20.2 Å². The fourth-order valence-electron chi connectivity index (χ4n) is 2.99. The summed E-state index contributed by atoms with van der Waals surface area (Å²) in [5, 5.41) is 3.07. The van der Waals surface area contributed by atoms with E-state index in [0.717, 1.165) is 66.9 Å². The SMILES string of the molecule is Cl.Cl.Fc1cc(-c2nc3c(c(N4CCNCC4)n2)CSC3)c(F)cc1Cl. The Balaban J connectivity index is 0.00000121. The van der Waals surface area contributed by atoms with Gasteiger partial charge in [-0.2, -0.15) is 11.8 Å². The molecule has 26 heavy (non-hydrogen) atoms. The van der Waals surface area contributed by atoms with E-state index in [9.17, 15) is 8.78 Å². The van der Waals surface area contributed by atoms with Gasteiger partial charge in [0, 0.05) is 43.2 Å². The van der Waals surface area contributed by atoms with Crippen LogP contribution in [0.5, 0.6) is 0 Å². The van der Waals surface area contributed by atoms with Gasteiger partial charge in [-0.05, 0) is 12.1 Å². The Morgan fingerprint density at radius 3 is 2.50 bits per heavy atom. The van der Waals surface area contributed by atoms with Crippen LogP contribution >= 0.6 is 48.2 Å². The van der Waals surface area contributed by atoms with Crippen LogP contribution in [0.1, 0.15) is 11.3 Å². The van der Waals surface area contributed by atoms with Crippen molar-refractivity contribution in [3.63, 3.8) is 0 Å². The molecule has 0 saturated carbocycles. The number of fused-ring (bicyclic) bond motifs is 1. The minimum absolute atomic E-state index is 0. The van der Waals surface area contributed by atoms with Crippen molar-refractivity contribution in [1.29, 1.82) is 0 Å². The van der Waals surface area contributed by atoms with Gasteiger partial charge >= 0.3 is 0 Å². The third-order valence-electron chi connectivity index (χ3n) is 4.22. The van der Waals surface area contributed by atoms with Crippen LogP contribution < -0.4 is 10.2 Å². The number of thioether (sulfide) groups is 1. The summed E-state index contributed by atoms with van der Waals surface area (Å²) in [5.74, 6) is 1.40. The van der Waals surface area contributed by atoms with Gasteiger partial charge in [0.2, 0.25) is 0 Å². The highest BCUT2D eigenvalue weighted by Gasteiger charge is 2.25. The average Bonchev–Trinajstić information content (AvgIpc) is 3.06. The fraction of sp³-hybridized carbons (Fsp3) is 0.375. The number of piperazine rings is 1. The molecule has 4 nitrogen and oxygen atoms in total. The molecule has 1 N–H and O–H groups in total. The van der Waals surface area contributed by atoms with Gasteiger partial charge in [-0.25, -0.2) is 18.7 Å². The van der Waals surface area contributed by atoms with E-state index in [1.54, 1.807) is 11.8 Å². The van der Waals surface area contributed by atoms with Crippen LogP contribution in [0.15, 0.2) is 12.1 Å². The molecule has 2 aromatic rings. The molecule has 4 rings (SSSR count). The lowest BCUT2D eigenvalue weighted by Crippen LogP contribution is -2.44. The molecule has 1 aromatic carbocycles. The lowest BCUT2D eigenvalue weighted by atomic mass is 10.1. The average molecular weight is 442 g/mol. The Morgan fingerprint density at radius 1 is 1.04 bits per heavy atom. The summed E-state index contributed by atoms with van der Waals surface area (Å²) in [6.07, 6.45) is 0. The molecule has 0 radical (unpaired) electrons. The lowest BCUT2D eigenvalue weighted by Gasteiger charge is -2.30. The number of hydrogen-bond acceptors (Lipinski definition) is 5. The molecule has 2 aliphatic rings. The number of rotatable bonds is 2. The molecule has 1 saturated heterocycles. The first-order valence-corrected chi connectivity index (χ1v) is 9.25. The van der Waals surface area contributed by atoms with Gasteiger partial charge in [-0.1, -0.05) is 11.6 Å². The number of aromatic nitrogens is 2. The van der Waals surface area contributed by atoms with Crippen molar-refractivity contribution in [2.45, 2.75) is 11.5 Å². The Morgan fingerprint density at radius 2 is 1.77 bits per heavy atom. The maximum absolute atomic E-state index is 14.3. The first-order valence-electron chi connectivity index (χ1n) is 7.71. The summed E-state index contributed by atoms with van der Waals surface area (Å²) in [4.78, 5) is 11.3. The second-order valence-electron chi connectivity index (χ2n) is 5.77. The number of nitrogens with one attached hydrogen (secondary N) is 1. The van der Waals surface area contributed by atoms with Crippen LogP contribution in [0.4, 0.5) is 14.6 Å². The molecule has 0 spiro atoms. The molecule has 3 heterocycles. The minimum atomic E-state index is -0.671. The van der Waals surface area contributed by atoms with E-state index >= 15 is 0 Å². The fourth-order valence-corrected chi connectivity index (χ4v) is 4.17. The van der Waals surface area contributed by atoms with Crippen molar-refractivity contribution in [2.75, 3.05) is 31.1 Å². The lowest BCUT2D eigenvalue weighted by molar-refractivity contribution is 0.582. The van der Waals surface area contributed by atoms with Gasteiger partial charge in [0.25, 0.3) is 0 Å². The topological polar surface area (TPSA) is 41.1 Å². The first-order chi connectivity index (χ1) is 11.6. The van der Waals surface area contributed by atoms with Gasteiger partial charge in [0.1, 0.15) is 17.5 Å². The van der Waals surface area contributed by atoms with Crippen LogP contribution in [-0.4, -0.2) is 36.1 Å². The molecule has 1 fully saturated rings. The highest BCUT2D eigenvalue weighted by atomic mass is 35.5. The number of nitrogens with zero attached hydrogens (tertiary/aromatic N) is 3. The van der Waals surface area contributed by atoms with Gasteiger partial charge < -0.3 is 10.2 Å². The van der Waals surface area contributed by atoms with Crippen molar-refractivity contribution in [1.82, 2.24) is 15.3 Å². The summed E-state index contributed by atoms with van der Waals surface area (Å²) in [6.45, 7) is 3.44. The monoisotopic (exact) mass is 440 g/mol. The third-order valence-corrected chi connectivity index (χ3v) is 5.48. The molecular formula is C16H17Cl3F2N4S. The maximum Gasteiger partial charge on any atom is 0.164 e. The zero-order valence-electron chi connectivity index (χ0n) is 13.6. The van der Waals surface area contributed by atoms with Crippen molar-refractivity contribution >= 4 is 54.0 Å². The summed E-state index contributed by atoms with van der Waals surface area (Å²) in [5.41, 5.74) is 2.07. The van der Waals surface area contributed by atoms with E-state index in [0.29, 0.717) is 0 Å². The normalized spacial score (nSPS) is 15.9. The molecule has 0 amide bonds. The molecule has 142 valence electrons. The summed E-state index contributed by atoms with van der Waals surface area (Å²) >= 11 is 7.41.